The molecule has 1 aliphatic carbocycles. The van der Waals surface area contributed by atoms with E-state index in [1.54, 1.807) is 19.2 Å². The Morgan fingerprint density at radius 3 is 2.29 bits per heavy atom. The molecule has 0 saturated heterocycles. The predicted molar refractivity (Wildman–Crippen MR) is 124 cm³/mol. The maximum atomic E-state index is 11.3. The van der Waals surface area contributed by atoms with Gasteiger partial charge in [-0.05, 0) is 37.0 Å². The van der Waals surface area contributed by atoms with E-state index in [4.69, 9.17) is 9.88 Å². The van der Waals surface area contributed by atoms with Crippen LogP contribution in [0.3, 0.4) is 0 Å². The van der Waals surface area contributed by atoms with E-state index < -0.39 is 10.0 Å². The first-order chi connectivity index (χ1) is 13.0. The van der Waals surface area contributed by atoms with E-state index in [0.717, 1.165) is 24.5 Å². The zero-order valence-corrected chi connectivity index (χ0v) is 19.7. The Kier molecular flexibility index (Phi) is 12.0. The van der Waals surface area contributed by atoms with Gasteiger partial charge in [0.15, 0.2) is 5.96 Å². The highest BCUT2D eigenvalue weighted by Crippen LogP contribution is 2.19. The van der Waals surface area contributed by atoms with Crippen LogP contribution in [-0.2, 0) is 21.2 Å². The van der Waals surface area contributed by atoms with Crippen LogP contribution in [0.15, 0.2) is 34.2 Å². The minimum atomic E-state index is -3.64. The Labute approximate surface area is 186 Å². The molecule has 0 amide bonds. The highest BCUT2D eigenvalue weighted by atomic mass is 127. The zero-order valence-electron chi connectivity index (χ0n) is 16.5. The van der Waals surface area contributed by atoms with Crippen molar-refractivity contribution in [1.82, 2.24) is 10.6 Å². The Balaban J connectivity index is 0.00000392. The molecule has 9 heteroatoms. The van der Waals surface area contributed by atoms with Gasteiger partial charge in [0.05, 0.1) is 17.6 Å². The summed E-state index contributed by atoms with van der Waals surface area (Å²) < 4.78 is 28.5. The molecule has 0 heterocycles. The predicted octanol–water partition coefficient (Wildman–Crippen LogP) is 2.40. The van der Waals surface area contributed by atoms with Gasteiger partial charge in [0, 0.05) is 20.1 Å². The van der Waals surface area contributed by atoms with Crippen molar-refractivity contribution in [2.45, 2.75) is 55.9 Å². The van der Waals surface area contributed by atoms with Gasteiger partial charge in [0.1, 0.15) is 0 Å². The lowest BCUT2D eigenvalue weighted by atomic mass is 10.1. The second-order valence-corrected chi connectivity index (χ2v) is 8.41. The number of nitrogens with one attached hydrogen (secondary N) is 2. The quantitative estimate of drug-likeness (QED) is 0.159. The van der Waals surface area contributed by atoms with Crippen LogP contribution >= 0.6 is 24.0 Å². The van der Waals surface area contributed by atoms with Crippen molar-refractivity contribution in [3.8, 4) is 0 Å². The molecule has 0 aromatic heterocycles. The molecule has 1 aromatic rings. The zero-order chi connectivity index (χ0) is 19.5. The molecule has 4 N–H and O–H groups in total. The fourth-order valence-corrected chi connectivity index (χ4v) is 3.71. The van der Waals surface area contributed by atoms with Crippen LogP contribution < -0.4 is 15.8 Å². The fraction of sp³-hybridized carbons (Fsp3) is 0.632. The van der Waals surface area contributed by atoms with Gasteiger partial charge in [-0.15, -0.1) is 24.0 Å². The number of rotatable bonds is 8. The van der Waals surface area contributed by atoms with Gasteiger partial charge in [-0.3, -0.25) is 4.99 Å². The molecule has 1 aromatic carbocycles. The molecule has 1 saturated carbocycles. The van der Waals surface area contributed by atoms with Gasteiger partial charge in [-0.25, -0.2) is 13.6 Å². The number of sulfonamides is 1. The standard InChI is InChI=1S/C19H32N4O3S.HI/c1-21-19(23-14-15-26-17-6-4-2-3-5-7-17)22-13-12-16-8-10-18(11-9-16)27(20,24)25;/h8-11,17H,2-7,12-15H2,1H3,(H2,20,24,25)(H2,21,22,23);1H. The SMILES string of the molecule is CN=C(NCCOC1CCCCCC1)NCCc1ccc(S(N)(=O)=O)cc1.I. The number of nitrogens with two attached hydrogens (primary N) is 1. The van der Waals surface area contributed by atoms with E-state index in [1.165, 1.54) is 50.7 Å². The van der Waals surface area contributed by atoms with Crippen molar-refractivity contribution in [3.63, 3.8) is 0 Å². The van der Waals surface area contributed by atoms with Crippen LogP contribution in [0.1, 0.15) is 44.1 Å². The number of hydrogen-bond donors (Lipinski definition) is 3. The number of aliphatic imine (C=N–C) groups is 1. The van der Waals surface area contributed by atoms with E-state index in [2.05, 4.69) is 15.6 Å². The highest BCUT2D eigenvalue weighted by Gasteiger charge is 2.12. The van der Waals surface area contributed by atoms with Gasteiger partial charge < -0.3 is 15.4 Å². The molecule has 0 unspecified atom stereocenters. The van der Waals surface area contributed by atoms with E-state index >= 15 is 0 Å². The number of guanidine groups is 1. The first-order valence-electron chi connectivity index (χ1n) is 9.67. The van der Waals surface area contributed by atoms with E-state index in [-0.39, 0.29) is 28.9 Å². The fourth-order valence-electron chi connectivity index (χ4n) is 3.20. The summed E-state index contributed by atoms with van der Waals surface area (Å²) in [6.45, 7) is 2.09. The van der Waals surface area contributed by atoms with Crippen LogP contribution in [0.5, 0.6) is 0 Å². The molecular formula is C19H33IN4O3S. The molecule has 0 aliphatic heterocycles. The molecule has 0 bridgehead atoms. The van der Waals surface area contributed by atoms with Gasteiger partial charge >= 0.3 is 0 Å². The van der Waals surface area contributed by atoms with E-state index in [9.17, 15) is 8.42 Å². The smallest absolute Gasteiger partial charge is 0.238 e. The van der Waals surface area contributed by atoms with Gasteiger partial charge in [-0.1, -0.05) is 37.8 Å². The number of primary sulfonamides is 1. The average molecular weight is 524 g/mol. The largest absolute Gasteiger partial charge is 0.376 e. The maximum absolute atomic E-state index is 11.3. The van der Waals surface area contributed by atoms with Crippen LogP contribution in [0.2, 0.25) is 0 Å². The van der Waals surface area contributed by atoms with E-state index in [0.29, 0.717) is 19.3 Å². The number of hydrogen-bond acceptors (Lipinski definition) is 4. The molecule has 0 spiro atoms. The third kappa shape index (κ3) is 9.53. The van der Waals surface area contributed by atoms with Crippen molar-refractivity contribution >= 4 is 40.0 Å². The van der Waals surface area contributed by atoms with Gasteiger partial charge in [0.2, 0.25) is 10.0 Å². The molecule has 1 aliphatic rings. The van der Waals surface area contributed by atoms with Crippen molar-refractivity contribution in [3.05, 3.63) is 29.8 Å². The molecule has 160 valence electrons. The van der Waals surface area contributed by atoms with Crippen molar-refractivity contribution < 1.29 is 13.2 Å². The highest BCUT2D eigenvalue weighted by molar-refractivity contribution is 14.0. The van der Waals surface area contributed by atoms with Crippen LogP contribution in [0.4, 0.5) is 0 Å². The van der Waals surface area contributed by atoms with Crippen LogP contribution in [0, 0.1) is 0 Å². The minimum Gasteiger partial charge on any atom is -0.376 e. The summed E-state index contributed by atoms with van der Waals surface area (Å²) >= 11 is 0. The lowest BCUT2D eigenvalue weighted by molar-refractivity contribution is 0.0468. The third-order valence-electron chi connectivity index (χ3n) is 4.73. The first-order valence-corrected chi connectivity index (χ1v) is 11.2. The second-order valence-electron chi connectivity index (χ2n) is 6.85. The summed E-state index contributed by atoms with van der Waals surface area (Å²) in [5.41, 5.74) is 1.03. The molecule has 2 rings (SSSR count). The Morgan fingerprint density at radius 2 is 1.71 bits per heavy atom. The lowest BCUT2D eigenvalue weighted by Gasteiger charge is -2.16. The first kappa shape index (κ1) is 25.1. The number of halogens is 1. The summed E-state index contributed by atoms with van der Waals surface area (Å²) in [4.78, 5) is 4.34. The normalized spacial score (nSPS) is 16.1. The summed E-state index contributed by atoms with van der Waals surface area (Å²) in [7, 11) is -1.90. The molecule has 28 heavy (non-hydrogen) atoms. The van der Waals surface area contributed by atoms with Crippen molar-refractivity contribution in [2.24, 2.45) is 10.1 Å². The van der Waals surface area contributed by atoms with Gasteiger partial charge in [-0.2, -0.15) is 0 Å². The van der Waals surface area contributed by atoms with Gasteiger partial charge in [0.25, 0.3) is 0 Å². The number of nitrogens with zero attached hydrogens (tertiary/aromatic N) is 1. The molecule has 7 nitrogen and oxygen atoms in total. The number of benzene rings is 1. The molecule has 1 fully saturated rings. The van der Waals surface area contributed by atoms with E-state index in [1.807, 2.05) is 0 Å². The van der Waals surface area contributed by atoms with Crippen LogP contribution in [-0.4, -0.2) is 47.2 Å². The molecule has 0 radical (unpaired) electrons. The molecule has 0 atom stereocenters. The Hall–Kier alpha value is -0.910. The molecular weight excluding hydrogens is 491 g/mol. The summed E-state index contributed by atoms with van der Waals surface area (Å²) in [5, 5.41) is 11.6. The summed E-state index contributed by atoms with van der Waals surface area (Å²) in [5.74, 6) is 0.737. The third-order valence-corrected chi connectivity index (χ3v) is 5.66. The topological polar surface area (TPSA) is 106 Å². The summed E-state index contributed by atoms with van der Waals surface area (Å²) in [6, 6.07) is 6.61. The van der Waals surface area contributed by atoms with Crippen molar-refractivity contribution in [2.75, 3.05) is 26.7 Å². The second kappa shape index (κ2) is 13.3. The average Bonchev–Trinajstić information content (AvgIpc) is 2.92. The summed E-state index contributed by atoms with van der Waals surface area (Å²) in [6.07, 6.45) is 8.74. The number of ether oxygens (including phenoxy) is 1. The van der Waals surface area contributed by atoms with Crippen LogP contribution in [0.25, 0.3) is 0 Å². The monoisotopic (exact) mass is 524 g/mol. The van der Waals surface area contributed by atoms with Crippen molar-refractivity contribution in [1.29, 1.82) is 0 Å². The Morgan fingerprint density at radius 1 is 1.11 bits per heavy atom. The Bertz CT molecular complexity index is 688. The maximum Gasteiger partial charge on any atom is 0.238 e. The lowest BCUT2D eigenvalue weighted by Crippen LogP contribution is -2.40. The minimum absolute atomic E-state index is 0.